The third kappa shape index (κ3) is 2.96. The van der Waals surface area contributed by atoms with Crippen molar-refractivity contribution in [3.63, 3.8) is 0 Å². The zero-order chi connectivity index (χ0) is 10.1. The quantitative estimate of drug-likeness (QED) is 0.669. The first kappa shape index (κ1) is 11.0. The number of nitrogens with one attached hydrogen (secondary N) is 1. The Kier molecular flexibility index (Phi) is 3.36. The Hall–Kier alpha value is -0.0800. The maximum Gasteiger partial charge on any atom is 0.0252 e. The van der Waals surface area contributed by atoms with Gasteiger partial charge in [-0.1, -0.05) is 0 Å². The zero-order valence-electron chi connectivity index (χ0n) is 9.72. The Morgan fingerprint density at radius 3 is 2.54 bits per heavy atom. The van der Waals surface area contributed by atoms with Gasteiger partial charge in [0.2, 0.25) is 0 Å². The minimum atomic E-state index is 0.273. The average Bonchev–Trinajstić information content (AvgIpc) is 2.10. The highest BCUT2D eigenvalue weighted by Gasteiger charge is 2.28. The molecular formula is C11H24N2. The molecule has 0 aromatic heterocycles. The topological polar surface area (TPSA) is 15.3 Å². The van der Waals surface area contributed by atoms with E-state index in [1.807, 2.05) is 0 Å². The Balaban J connectivity index is 2.67. The van der Waals surface area contributed by atoms with E-state index < -0.39 is 0 Å². The van der Waals surface area contributed by atoms with E-state index in [0.29, 0.717) is 12.1 Å². The summed E-state index contributed by atoms with van der Waals surface area (Å²) >= 11 is 0. The van der Waals surface area contributed by atoms with Crippen LogP contribution in [0.2, 0.25) is 0 Å². The van der Waals surface area contributed by atoms with Crippen molar-refractivity contribution in [3.05, 3.63) is 0 Å². The zero-order valence-corrected chi connectivity index (χ0v) is 9.72. The van der Waals surface area contributed by atoms with E-state index in [9.17, 15) is 0 Å². The molecule has 1 unspecified atom stereocenters. The summed E-state index contributed by atoms with van der Waals surface area (Å²) in [5.41, 5.74) is 0.273. The predicted molar refractivity (Wildman–Crippen MR) is 58.0 cm³/mol. The fraction of sp³-hybridized carbons (Fsp3) is 1.00. The van der Waals surface area contributed by atoms with Crippen LogP contribution in [0.5, 0.6) is 0 Å². The van der Waals surface area contributed by atoms with E-state index in [1.165, 1.54) is 6.42 Å². The molecule has 1 rings (SSSR count). The van der Waals surface area contributed by atoms with Crippen LogP contribution in [0.15, 0.2) is 0 Å². The Morgan fingerprint density at radius 1 is 1.38 bits per heavy atom. The highest BCUT2D eigenvalue weighted by atomic mass is 15.2. The van der Waals surface area contributed by atoms with Crippen molar-refractivity contribution >= 4 is 0 Å². The lowest BCUT2D eigenvalue weighted by atomic mass is 10.0. The van der Waals surface area contributed by atoms with Crippen molar-refractivity contribution in [2.24, 2.45) is 0 Å². The molecule has 78 valence electrons. The number of nitrogens with zero attached hydrogens (tertiary/aromatic N) is 1. The Labute approximate surface area is 82.7 Å². The van der Waals surface area contributed by atoms with E-state index in [1.54, 1.807) is 0 Å². The molecule has 0 amide bonds. The molecule has 0 aliphatic carbocycles. The molecule has 0 aromatic rings. The second-order valence-corrected chi connectivity index (χ2v) is 5.21. The lowest BCUT2D eigenvalue weighted by Crippen LogP contribution is -2.49. The molecule has 1 atom stereocenters. The summed E-state index contributed by atoms with van der Waals surface area (Å²) in [6.07, 6.45) is 1.27. The van der Waals surface area contributed by atoms with Gasteiger partial charge in [0.15, 0.2) is 0 Å². The second kappa shape index (κ2) is 3.97. The summed E-state index contributed by atoms with van der Waals surface area (Å²) in [6, 6.07) is 1.38. The van der Waals surface area contributed by atoms with Crippen LogP contribution >= 0.6 is 0 Å². The van der Waals surface area contributed by atoms with Crippen molar-refractivity contribution in [2.45, 2.75) is 58.7 Å². The highest BCUT2D eigenvalue weighted by Crippen LogP contribution is 2.17. The summed E-state index contributed by atoms with van der Waals surface area (Å²) in [7, 11) is 0. The highest BCUT2D eigenvalue weighted by molar-refractivity contribution is 4.88. The van der Waals surface area contributed by atoms with Crippen LogP contribution in [0.4, 0.5) is 0 Å². The lowest BCUT2D eigenvalue weighted by Gasteiger charge is -2.35. The molecule has 1 fully saturated rings. The van der Waals surface area contributed by atoms with Gasteiger partial charge in [0.05, 0.1) is 0 Å². The number of hydrogen-bond donors (Lipinski definition) is 1. The van der Waals surface area contributed by atoms with Gasteiger partial charge in [-0.15, -0.1) is 0 Å². The monoisotopic (exact) mass is 184 g/mol. The van der Waals surface area contributed by atoms with Crippen LogP contribution in [-0.2, 0) is 0 Å². The summed E-state index contributed by atoms with van der Waals surface area (Å²) in [5, 5.41) is 3.59. The van der Waals surface area contributed by atoms with Crippen LogP contribution in [0.3, 0.4) is 0 Å². The van der Waals surface area contributed by atoms with E-state index in [-0.39, 0.29) is 5.54 Å². The van der Waals surface area contributed by atoms with Crippen LogP contribution < -0.4 is 5.32 Å². The van der Waals surface area contributed by atoms with Gasteiger partial charge < -0.3 is 5.32 Å². The maximum atomic E-state index is 3.59. The number of rotatable bonds is 1. The lowest BCUT2D eigenvalue weighted by molar-refractivity contribution is 0.142. The first-order valence-electron chi connectivity index (χ1n) is 5.43. The first-order valence-corrected chi connectivity index (χ1v) is 5.43. The molecule has 1 aliphatic rings. The molecule has 1 heterocycles. The third-order valence-electron chi connectivity index (χ3n) is 2.97. The largest absolute Gasteiger partial charge is 0.310 e. The molecule has 13 heavy (non-hydrogen) atoms. The fourth-order valence-electron chi connectivity index (χ4n) is 2.14. The number of hydrogen-bond acceptors (Lipinski definition) is 2. The van der Waals surface area contributed by atoms with E-state index in [2.05, 4.69) is 44.8 Å². The molecule has 1 N–H and O–H groups in total. The van der Waals surface area contributed by atoms with Crippen molar-refractivity contribution in [2.75, 3.05) is 13.1 Å². The SMILES string of the molecule is CC(C)N1CC(C)(C)NCCC1C. The molecule has 2 heteroatoms. The third-order valence-corrected chi connectivity index (χ3v) is 2.97. The van der Waals surface area contributed by atoms with Gasteiger partial charge >= 0.3 is 0 Å². The maximum absolute atomic E-state index is 3.59. The summed E-state index contributed by atoms with van der Waals surface area (Å²) < 4.78 is 0. The molecule has 2 nitrogen and oxygen atoms in total. The normalized spacial score (nSPS) is 30.5. The van der Waals surface area contributed by atoms with Gasteiger partial charge in [0, 0.05) is 24.2 Å². The van der Waals surface area contributed by atoms with Crippen LogP contribution in [0, 0.1) is 0 Å². The molecule has 0 aromatic carbocycles. The Morgan fingerprint density at radius 2 is 2.00 bits per heavy atom. The minimum absolute atomic E-state index is 0.273. The van der Waals surface area contributed by atoms with Gasteiger partial charge in [0.1, 0.15) is 0 Å². The van der Waals surface area contributed by atoms with E-state index in [4.69, 9.17) is 0 Å². The molecule has 1 aliphatic heterocycles. The molecular weight excluding hydrogens is 160 g/mol. The fourth-order valence-corrected chi connectivity index (χ4v) is 2.14. The molecule has 1 saturated heterocycles. The van der Waals surface area contributed by atoms with Crippen molar-refractivity contribution in [3.8, 4) is 0 Å². The Bertz CT molecular complexity index is 163. The van der Waals surface area contributed by atoms with Crippen LogP contribution in [-0.4, -0.2) is 35.6 Å². The molecule has 0 radical (unpaired) electrons. The van der Waals surface area contributed by atoms with Gasteiger partial charge in [0.25, 0.3) is 0 Å². The summed E-state index contributed by atoms with van der Waals surface area (Å²) in [6.45, 7) is 13.8. The second-order valence-electron chi connectivity index (χ2n) is 5.21. The van der Waals surface area contributed by atoms with Crippen molar-refractivity contribution < 1.29 is 0 Å². The molecule has 0 bridgehead atoms. The van der Waals surface area contributed by atoms with Crippen molar-refractivity contribution in [1.82, 2.24) is 10.2 Å². The standard InChI is InChI=1S/C11H24N2/c1-9(2)13-8-11(4,5)12-7-6-10(13)3/h9-10,12H,6-8H2,1-5H3. The van der Waals surface area contributed by atoms with Crippen LogP contribution in [0.1, 0.15) is 41.0 Å². The van der Waals surface area contributed by atoms with E-state index >= 15 is 0 Å². The smallest absolute Gasteiger partial charge is 0.0252 e. The first-order chi connectivity index (χ1) is 5.92. The summed E-state index contributed by atoms with van der Waals surface area (Å²) in [5.74, 6) is 0. The average molecular weight is 184 g/mol. The summed E-state index contributed by atoms with van der Waals surface area (Å²) in [4.78, 5) is 2.60. The van der Waals surface area contributed by atoms with Gasteiger partial charge in [-0.05, 0) is 47.6 Å². The molecule has 0 spiro atoms. The molecule has 0 saturated carbocycles. The van der Waals surface area contributed by atoms with Crippen LogP contribution in [0.25, 0.3) is 0 Å². The van der Waals surface area contributed by atoms with Gasteiger partial charge in [-0.2, -0.15) is 0 Å². The predicted octanol–water partition coefficient (Wildman–Crippen LogP) is 1.86. The van der Waals surface area contributed by atoms with Gasteiger partial charge in [-0.3, -0.25) is 4.90 Å². The minimum Gasteiger partial charge on any atom is -0.310 e. The van der Waals surface area contributed by atoms with Crippen molar-refractivity contribution in [1.29, 1.82) is 0 Å². The van der Waals surface area contributed by atoms with Gasteiger partial charge in [-0.25, -0.2) is 0 Å². The van der Waals surface area contributed by atoms with E-state index in [0.717, 1.165) is 13.1 Å².